The van der Waals surface area contributed by atoms with E-state index in [4.69, 9.17) is 0 Å². The van der Waals surface area contributed by atoms with E-state index in [1.807, 2.05) is 16.7 Å². The third-order valence-electron chi connectivity index (χ3n) is 5.73. The lowest BCUT2D eigenvalue weighted by atomic mass is 10.1. The summed E-state index contributed by atoms with van der Waals surface area (Å²) in [6, 6.07) is 2.35. The third-order valence-corrected chi connectivity index (χ3v) is 5.73. The molecule has 1 amide bonds. The Balaban J connectivity index is 1.67. The Hall–Kier alpha value is -2.36. The van der Waals surface area contributed by atoms with Crippen molar-refractivity contribution in [1.29, 1.82) is 0 Å². The molecule has 2 heterocycles. The minimum absolute atomic E-state index is 0.0960. The molecule has 0 aliphatic carbocycles. The van der Waals surface area contributed by atoms with Gasteiger partial charge in [0.15, 0.2) is 0 Å². The lowest BCUT2D eigenvalue weighted by Crippen LogP contribution is -2.55. The smallest absolute Gasteiger partial charge is 0.363 e. The molecule has 0 N–H and O–H groups in total. The number of alkyl halides is 3. The van der Waals surface area contributed by atoms with Crippen LogP contribution >= 0.6 is 0 Å². The highest BCUT2D eigenvalue weighted by Crippen LogP contribution is 2.36. The number of halogens is 3. The van der Waals surface area contributed by atoms with Crippen molar-refractivity contribution in [3.63, 3.8) is 0 Å². The van der Waals surface area contributed by atoms with Crippen LogP contribution in [-0.4, -0.2) is 65.9 Å². The molecule has 0 radical (unpaired) electrons. The van der Waals surface area contributed by atoms with Gasteiger partial charge in [-0.1, -0.05) is 0 Å². The number of benzene rings is 1. The maximum atomic E-state index is 12.9. The number of amides is 1. The van der Waals surface area contributed by atoms with Gasteiger partial charge in [-0.05, 0) is 38.3 Å². The quantitative estimate of drug-likeness (QED) is 0.559. The topological polar surface area (TPSA) is 69.9 Å². The van der Waals surface area contributed by atoms with Gasteiger partial charge in [0.05, 0.1) is 16.5 Å². The Morgan fingerprint density at radius 2 is 1.69 bits per heavy atom. The van der Waals surface area contributed by atoms with E-state index >= 15 is 0 Å². The van der Waals surface area contributed by atoms with Crippen molar-refractivity contribution >= 4 is 17.3 Å². The van der Waals surface area contributed by atoms with Gasteiger partial charge in [-0.15, -0.1) is 0 Å². The molecule has 0 aromatic heterocycles. The SMILES string of the molecule is CC(C(=O)N1CCCCC1)N1CCN(c2ccc(C(F)(F)F)cc2[N+](=O)[O-])CC1. The minimum atomic E-state index is -4.63. The van der Waals surface area contributed by atoms with Crippen LogP contribution in [-0.2, 0) is 11.0 Å². The second-order valence-corrected chi connectivity index (χ2v) is 7.54. The molecule has 1 aromatic carbocycles. The molecule has 0 saturated carbocycles. The average Bonchev–Trinajstić information content (AvgIpc) is 2.72. The molecule has 1 atom stereocenters. The Morgan fingerprint density at radius 1 is 1.07 bits per heavy atom. The van der Waals surface area contributed by atoms with Crippen molar-refractivity contribution in [1.82, 2.24) is 9.80 Å². The summed E-state index contributed by atoms with van der Waals surface area (Å²) in [5, 5.41) is 11.3. The summed E-state index contributed by atoms with van der Waals surface area (Å²) in [5.41, 5.74) is -1.41. The zero-order chi connectivity index (χ0) is 21.2. The van der Waals surface area contributed by atoms with Crippen LogP contribution in [0.1, 0.15) is 31.7 Å². The molecule has 0 spiro atoms. The highest BCUT2D eigenvalue weighted by molar-refractivity contribution is 5.81. The van der Waals surface area contributed by atoms with E-state index in [9.17, 15) is 28.1 Å². The number of hydrogen-bond acceptors (Lipinski definition) is 5. The third kappa shape index (κ3) is 4.80. The van der Waals surface area contributed by atoms with Crippen LogP contribution in [0.5, 0.6) is 0 Å². The van der Waals surface area contributed by atoms with Crippen molar-refractivity contribution in [2.75, 3.05) is 44.2 Å². The lowest BCUT2D eigenvalue weighted by Gasteiger charge is -2.40. The highest BCUT2D eigenvalue weighted by atomic mass is 19.4. The zero-order valence-corrected chi connectivity index (χ0v) is 16.3. The van der Waals surface area contributed by atoms with Gasteiger partial charge in [0, 0.05) is 45.3 Å². The summed E-state index contributed by atoms with van der Waals surface area (Å²) in [6.07, 6.45) is -1.46. The molecular formula is C19H25F3N4O3. The average molecular weight is 414 g/mol. The van der Waals surface area contributed by atoms with Crippen LogP contribution in [0.15, 0.2) is 18.2 Å². The van der Waals surface area contributed by atoms with E-state index in [0.717, 1.165) is 38.4 Å². The first-order chi connectivity index (χ1) is 13.7. The number of nitro benzene ring substituents is 1. The van der Waals surface area contributed by atoms with Crippen LogP contribution in [0.4, 0.5) is 24.5 Å². The normalized spacial score (nSPS) is 19.9. The standard InChI is InChI=1S/C19H25F3N4O3/c1-14(18(27)25-7-3-2-4-8-25)23-9-11-24(12-10-23)16-6-5-15(19(20,21)22)13-17(16)26(28)29/h5-6,13-14H,2-4,7-12H2,1H3. The summed E-state index contributed by atoms with van der Waals surface area (Å²) < 4.78 is 38.7. The minimum Gasteiger partial charge on any atom is -0.363 e. The summed E-state index contributed by atoms with van der Waals surface area (Å²) in [5.74, 6) is 0.0960. The van der Waals surface area contributed by atoms with Gasteiger partial charge >= 0.3 is 6.18 Å². The molecule has 7 nitrogen and oxygen atoms in total. The first-order valence-electron chi connectivity index (χ1n) is 9.82. The number of carbonyl (C=O) groups excluding carboxylic acids is 1. The fourth-order valence-corrected chi connectivity index (χ4v) is 4.00. The molecule has 1 aromatic rings. The number of nitrogens with zero attached hydrogens (tertiary/aromatic N) is 4. The van der Waals surface area contributed by atoms with Crippen LogP contribution < -0.4 is 4.90 Å². The summed E-state index contributed by atoms with van der Waals surface area (Å²) in [4.78, 5) is 28.9. The predicted octanol–water partition coefficient (Wildman–Crippen LogP) is 3.14. The summed E-state index contributed by atoms with van der Waals surface area (Å²) in [6.45, 7) is 5.26. The Kier molecular flexibility index (Phi) is 6.30. The Labute approximate surface area is 167 Å². The van der Waals surface area contributed by atoms with Crippen LogP contribution in [0, 0.1) is 10.1 Å². The number of hydrogen-bond donors (Lipinski definition) is 0. The molecule has 29 heavy (non-hydrogen) atoms. The van der Waals surface area contributed by atoms with E-state index in [1.165, 1.54) is 6.07 Å². The number of piperazine rings is 1. The number of nitro groups is 1. The number of likely N-dealkylation sites (tertiary alicyclic amines) is 1. The summed E-state index contributed by atoms with van der Waals surface area (Å²) in [7, 11) is 0. The van der Waals surface area contributed by atoms with Gasteiger partial charge in [0.25, 0.3) is 5.69 Å². The fraction of sp³-hybridized carbons (Fsp3) is 0.632. The molecule has 0 bridgehead atoms. The second-order valence-electron chi connectivity index (χ2n) is 7.54. The summed E-state index contributed by atoms with van der Waals surface area (Å²) >= 11 is 0. The van der Waals surface area contributed by atoms with Crippen molar-refractivity contribution in [2.45, 2.75) is 38.4 Å². The van der Waals surface area contributed by atoms with Crippen LogP contribution in [0.25, 0.3) is 0 Å². The largest absolute Gasteiger partial charge is 0.416 e. The fourth-order valence-electron chi connectivity index (χ4n) is 4.00. The molecule has 160 valence electrons. The van der Waals surface area contributed by atoms with Gasteiger partial charge in [0.1, 0.15) is 5.69 Å². The van der Waals surface area contributed by atoms with E-state index in [1.54, 1.807) is 4.90 Å². The Bertz CT molecular complexity index is 758. The molecule has 2 fully saturated rings. The molecule has 1 unspecified atom stereocenters. The van der Waals surface area contributed by atoms with E-state index in [-0.39, 0.29) is 17.6 Å². The lowest BCUT2D eigenvalue weighted by molar-refractivity contribution is -0.384. The van der Waals surface area contributed by atoms with Gasteiger partial charge in [-0.25, -0.2) is 0 Å². The first kappa shape index (κ1) is 21.4. The maximum Gasteiger partial charge on any atom is 0.416 e. The highest BCUT2D eigenvalue weighted by Gasteiger charge is 2.35. The van der Waals surface area contributed by atoms with Gasteiger partial charge in [-0.2, -0.15) is 13.2 Å². The number of piperidine rings is 1. The maximum absolute atomic E-state index is 12.9. The van der Waals surface area contributed by atoms with Gasteiger partial charge in [0.2, 0.25) is 5.91 Å². The van der Waals surface area contributed by atoms with Crippen molar-refractivity contribution in [3.05, 3.63) is 33.9 Å². The Morgan fingerprint density at radius 3 is 2.24 bits per heavy atom. The monoisotopic (exact) mass is 414 g/mol. The molecule has 2 saturated heterocycles. The molecule has 3 rings (SSSR count). The van der Waals surface area contributed by atoms with E-state index < -0.39 is 22.4 Å². The number of rotatable bonds is 4. The molecular weight excluding hydrogens is 389 g/mol. The molecule has 10 heteroatoms. The van der Waals surface area contributed by atoms with Crippen molar-refractivity contribution in [2.24, 2.45) is 0 Å². The van der Waals surface area contributed by atoms with Crippen molar-refractivity contribution in [3.8, 4) is 0 Å². The van der Waals surface area contributed by atoms with Crippen molar-refractivity contribution < 1.29 is 22.9 Å². The van der Waals surface area contributed by atoms with Crippen LogP contribution in [0.3, 0.4) is 0 Å². The predicted molar refractivity (Wildman–Crippen MR) is 102 cm³/mol. The van der Waals surface area contributed by atoms with Gasteiger partial charge in [-0.3, -0.25) is 19.8 Å². The van der Waals surface area contributed by atoms with Gasteiger partial charge < -0.3 is 9.80 Å². The zero-order valence-electron chi connectivity index (χ0n) is 16.3. The van der Waals surface area contributed by atoms with E-state index in [2.05, 4.69) is 0 Å². The number of anilines is 1. The first-order valence-corrected chi connectivity index (χ1v) is 9.82. The number of carbonyl (C=O) groups is 1. The molecule has 2 aliphatic heterocycles. The van der Waals surface area contributed by atoms with Crippen LogP contribution in [0.2, 0.25) is 0 Å². The second kappa shape index (κ2) is 8.56. The van der Waals surface area contributed by atoms with E-state index in [0.29, 0.717) is 32.2 Å². The molecule has 2 aliphatic rings.